The summed E-state index contributed by atoms with van der Waals surface area (Å²) in [6.07, 6.45) is 2.21. The average Bonchev–Trinajstić information content (AvgIpc) is 2.58. The van der Waals surface area contributed by atoms with Gasteiger partial charge in [0, 0.05) is 28.2 Å². The molecule has 0 radical (unpaired) electrons. The third-order valence-corrected chi connectivity index (χ3v) is 5.04. The lowest BCUT2D eigenvalue weighted by molar-refractivity contribution is -0.139. The van der Waals surface area contributed by atoms with E-state index in [1.165, 1.54) is 0 Å². The molecule has 0 spiro atoms. The van der Waals surface area contributed by atoms with Gasteiger partial charge in [-0.15, -0.1) is 0 Å². The minimum absolute atomic E-state index is 0.171. The SMILES string of the molecule is C=CC(=O)OCCOCC(CBr)(CBr)COCCOC(=O)C=C. The first-order valence-corrected chi connectivity index (χ1v) is 9.13. The maximum atomic E-state index is 10.9. The number of rotatable bonds is 14. The lowest BCUT2D eigenvalue weighted by Gasteiger charge is -2.29. The second-order valence-electron chi connectivity index (χ2n) is 4.62. The minimum atomic E-state index is -0.474. The molecule has 0 aliphatic rings. The molecule has 23 heavy (non-hydrogen) atoms. The van der Waals surface area contributed by atoms with Crippen molar-refractivity contribution in [2.24, 2.45) is 5.41 Å². The summed E-state index contributed by atoms with van der Waals surface area (Å²) in [6.45, 7) is 8.38. The third kappa shape index (κ3) is 10.6. The molecule has 0 bridgehead atoms. The molecule has 0 amide bonds. The second kappa shape index (κ2) is 13.7. The smallest absolute Gasteiger partial charge is 0.330 e. The number of esters is 2. The van der Waals surface area contributed by atoms with Crippen LogP contribution in [0, 0.1) is 5.41 Å². The molecule has 0 aromatic carbocycles. The van der Waals surface area contributed by atoms with Crippen LogP contribution in [0.25, 0.3) is 0 Å². The van der Waals surface area contributed by atoms with Crippen LogP contribution >= 0.6 is 31.9 Å². The molecule has 0 rings (SSSR count). The van der Waals surface area contributed by atoms with E-state index in [2.05, 4.69) is 45.0 Å². The number of hydrogen-bond donors (Lipinski definition) is 0. The molecule has 0 saturated carbocycles. The number of hydrogen-bond acceptors (Lipinski definition) is 6. The number of halogens is 2. The summed E-state index contributed by atoms with van der Waals surface area (Å²) >= 11 is 6.91. The Kier molecular flexibility index (Phi) is 13.3. The van der Waals surface area contributed by atoms with Crippen LogP contribution in [-0.2, 0) is 28.5 Å². The van der Waals surface area contributed by atoms with Gasteiger partial charge in [-0.3, -0.25) is 0 Å². The molecule has 0 saturated heterocycles. The minimum Gasteiger partial charge on any atom is -0.460 e. The molecule has 0 aromatic rings. The van der Waals surface area contributed by atoms with E-state index in [1.54, 1.807) is 0 Å². The van der Waals surface area contributed by atoms with E-state index >= 15 is 0 Å². The molecule has 8 heteroatoms. The summed E-state index contributed by atoms with van der Waals surface area (Å²) in [4.78, 5) is 21.8. The molecule has 132 valence electrons. The highest BCUT2D eigenvalue weighted by Crippen LogP contribution is 2.24. The summed E-state index contributed by atoms with van der Waals surface area (Å²) in [5.41, 5.74) is -0.273. The van der Waals surface area contributed by atoms with Crippen LogP contribution < -0.4 is 0 Å². The van der Waals surface area contributed by atoms with Crippen molar-refractivity contribution in [1.82, 2.24) is 0 Å². The summed E-state index contributed by atoms with van der Waals surface area (Å²) in [6, 6.07) is 0. The van der Waals surface area contributed by atoms with Gasteiger partial charge in [0.15, 0.2) is 0 Å². The monoisotopic (exact) mass is 456 g/mol. The Bertz CT molecular complexity index is 350. The summed E-state index contributed by atoms with van der Waals surface area (Å²) in [5.74, 6) is -0.948. The van der Waals surface area contributed by atoms with Crippen molar-refractivity contribution in [2.45, 2.75) is 0 Å². The van der Waals surface area contributed by atoms with Crippen LogP contribution in [0.15, 0.2) is 25.3 Å². The Morgan fingerprint density at radius 3 is 1.52 bits per heavy atom. The van der Waals surface area contributed by atoms with Crippen molar-refractivity contribution in [2.75, 3.05) is 50.3 Å². The molecule has 0 aromatic heterocycles. The summed E-state index contributed by atoms with van der Waals surface area (Å²) in [7, 11) is 0. The van der Waals surface area contributed by atoms with Gasteiger partial charge in [0.05, 0.1) is 26.4 Å². The average molecular weight is 458 g/mol. The van der Waals surface area contributed by atoms with Crippen LogP contribution in [-0.4, -0.2) is 62.2 Å². The molecule has 0 N–H and O–H groups in total. The van der Waals surface area contributed by atoms with Gasteiger partial charge in [-0.1, -0.05) is 45.0 Å². The van der Waals surface area contributed by atoms with Crippen molar-refractivity contribution in [1.29, 1.82) is 0 Å². The quantitative estimate of drug-likeness (QED) is 0.172. The van der Waals surface area contributed by atoms with E-state index in [0.29, 0.717) is 23.9 Å². The van der Waals surface area contributed by atoms with E-state index in [1.807, 2.05) is 0 Å². The van der Waals surface area contributed by atoms with Crippen molar-refractivity contribution in [3.63, 3.8) is 0 Å². The number of ether oxygens (including phenoxy) is 4. The van der Waals surface area contributed by atoms with Crippen LogP contribution in [0.4, 0.5) is 0 Å². The van der Waals surface area contributed by atoms with E-state index in [9.17, 15) is 9.59 Å². The van der Waals surface area contributed by atoms with Gasteiger partial charge in [0.1, 0.15) is 13.2 Å². The van der Waals surface area contributed by atoms with E-state index in [4.69, 9.17) is 18.9 Å². The van der Waals surface area contributed by atoms with Crippen molar-refractivity contribution in [3.05, 3.63) is 25.3 Å². The maximum Gasteiger partial charge on any atom is 0.330 e. The fraction of sp³-hybridized carbons (Fsp3) is 0.600. The van der Waals surface area contributed by atoms with E-state index < -0.39 is 11.9 Å². The van der Waals surface area contributed by atoms with Crippen molar-refractivity contribution in [3.8, 4) is 0 Å². The topological polar surface area (TPSA) is 71.1 Å². The molecular formula is C15H22Br2O6. The van der Waals surface area contributed by atoms with Crippen molar-refractivity contribution >= 4 is 43.8 Å². The van der Waals surface area contributed by atoms with Crippen molar-refractivity contribution < 1.29 is 28.5 Å². The van der Waals surface area contributed by atoms with Gasteiger partial charge in [-0.2, -0.15) is 0 Å². The number of carbonyl (C=O) groups is 2. The predicted octanol–water partition coefficient (Wildman–Crippen LogP) is 2.25. The first-order chi connectivity index (χ1) is 11.0. The van der Waals surface area contributed by atoms with E-state index in [-0.39, 0.29) is 31.8 Å². The Labute approximate surface area is 153 Å². The lowest BCUT2D eigenvalue weighted by Crippen LogP contribution is -2.37. The zero-order valence-electron chi connectivity index (χ0n) is 12.9. The number of alkyl halides is 2. The molecule has 0 unspecified atom stereocenters. The van der Waals surface area contributed by atoms with Gasteiger partial charge in [-0.05, 0) is 0 Å². The molecule has 6 nitrogen and oxygen atoms in total. The summed E-state index contributed by atoms with van der Waals surface area (Å²) in [5, 5.41) is 1.31. The fourth-order valence-corrected chi connectivity index (χ4v) is 2.91. The van der Waals surface area contributed by atoms with Crippen LogP contribution in [0.1, 0.15) is 0 Å². The first kappa shape index (κ1) is 22.3. The Balaban J connectivity index is 3.99. The standard InChI is InChI=1S/C15H22Br2O6/c1-3-13(18)22-7-5-20-11-15(9-16,10-17)12-21-6-8-23-14(19)4-2/h3-4H,1-2,5-12H2. The van der Waals surface area contributed by atoms with Crippen LogP contribution in [0.3, 0.4) is 0 Å². The van der Waals surface area contributed by atoms with Gasteiger partial charge >= 0.3 is 11.9 Å². The van der Waals surface area contributed by atoms with Gasteiger partial charge in [0.2, 0.25) is 0 Å². The zero-order valence-corrected chi connectivity index (χ0v) is 16.1. The molecule has 0 aliphatic carbocycles. The molecule has 0 atom stereocenters. The normalized spacial score (nSPS) is 10.9. The predicted molar refractivity (Wildman–Crippen MR) is 94.0 cm³/mol. The maximum absolute atomic E-state index is 10.9. The Morgan fingerprint density at radius 1 is 0.826 bits per heavy atom. The van der Waals surface area contributed by atoms with Gasteiger partial charge in [0.25, 0.3) is 0 Å². The first-order valence-electron chi connectivity index (χ1n) is 6.89. The molecule has 0 aliphatic heterocycles. The largest absolute Gasteiger partial charge is 0.460 e. The van der Waals surface area contributed by atoms with Crippen LogP contribution in [0.2, 0.25) is 0 Å². The highest BCUT2D eigenvalue weighted by atomic mass is 79.9. The Morgan fingerprint density at radius 2 is 1.22 bits per heavy atom. The van der Waals surface area contributed by atoms with Gasteiger partial charge in [-0.25, -0.2) is 9.59 Å². The molecule has 0 heterocycles. The highest BCUT2D eigenvalue weighted by molar-refractivity contribution is 9.09. The summed E-state index contributed by atoms with van der Waals surface area (Å²) < 4.78 is 20.7. The van der Waals surface area contributed by atoms with E-state index in [0.717, 1.165) is 12.2 Å². The van der Waals surface area contributed by atoms with Crippen LogP contribution in [0.5, 0.6) is 0 Å². The lowest BCUT2D eigenvalue weighted by atomic mass is 9.96. The zero-order chi connectivity index (χ0) is 17.6. The highest BCUT2D eigenvalue weighted by Gasteiger charge is 2.29. The third-order valence-electron chi connectivity index (χ3n) is 2.66. The second-order valence-corrected chi connectivity index (χ2v) is 5.74. The number of carbonyl (C=O) groups excluding carboxylic acids is 2. The Hall–Kier alpha value is -0.700. The molecular weight excluding hydrogens is 436 g/mol. The van der Waals surface area contributed by atoms with Gasteiger partial charge < -0.3 is 18.9 Å². The molecule has 0 fully saturated rings. The fourth-order valence-electron chi connectivity index (χ4n) is 1.33.